The van der Waals surface area contributed by atoms with Gasteiger partial charge in [0.1, 0.15) is 0 Å². The highest BCUT2D eigenvalue weighted by atomic mass is 16.5. The minimum Gasteiger partial charge on any atom is -0.380 e. The maximum atomic E-state index is 5.68. The number of nitrogens with one attached hydrogen (secondary N) is 1. The Balaban J connectivity index is 1.65. The Labute approximate surface area is 96.8 Å². The van der Waals surface area contributed by atoms with E-state index in [-0.39, 0.29) is 0 Å². The fourth-order valence-corrected chi connectivity index (χ4v) is 1.98. The smallest absolute Gasteiger partial charge is 0.0717 e. The highest BCUT2D eigenvalue weighted by molar-refractivity contribution is 5.13. The van der Waals surface area contributed by atoms with Crippen molar-refractivity contribution in [3.63, 3.8) is 0 Å². The van der Waals surface area contributed by atoms with Gasteiger partial charge in [-0.1, -0.05) is 30.3 Å². The van der Waals surface area contributed by atoms with Crippen LogP contribution in [0.5, 0.6) is 0 Å². The van der Waals surface area contributed by atoms with Crippen LogP contribution in [0.3, 0.4) is 0 Å². The molecular weight excluding hydrogens is 202 g/mol. The van der Waals surface area contributed by atoms with Crippen molar-refractivity contribution in [3.8, 4) is 0 Å². The number of ether oxygens (including phenoxy) is 2. The molecule has 1 aliphatic rings. The van der Waals surface area contributed by atoms with E-state index in [9.17, 15) is 0 Å². The number of rotatable bonds is 5. The lowest BCUT2D eigenvalue weighted by Gasteiger charge is -2.11. The van der Waals surface area contributed by atoms with E-state index in [4.69, 9.17) is 9.47 Å². The maximum Gasteiger partial charge on any atom is 0.0717 e. The van der Waals surface area contributed by atoms with Gasteiger partial charge in [-0.2, -0.15) is 0 Å². The summed E-state index contributed by atoms with van der Waals surface area (Å²) < 4.78 is 11.0. The Bertz CT molecular complexity index is 302. The van der Waals surface area contributed by atoms with Crippen LogP contribution in [0.15, 0.2) is 30.3 Å². The van der Waals surface area contributed by atoms with E-state index in [2.05, 4.69) is 17.4 Å². The molecule has 88 valence electrons. The first-order chi connectivity index (χ1) is 7.88. The van der Waals surface area contributed by atoms with E-state index in [1.54, 1.807) is 7.11 Å². The predicted molar refractivity (Wildman–Crippen MR) is 63.3 cm³/mol. The van der Waals surface area contributed by atoms with Gasteiger partial charge in [-0.25, -0.2) is 0 Å². The van der Waals surface area contributed by atoms with Crippen molar-refractivity contribution < 1.29 is 9.47 Å². The molecule has 0 saturated carbocycles. The van der Waals surface area contributed by atoms with Crippen molar-refractivity contribution in [2.45, 2.75) is 25.2 Å². The molecule has 0 radical (unpaired) electrons. The van der Waals surface area contributed by atoms with Crippen LogP contribution in [-0.4, -0.2) is 32.4 Å². The van der Waals surface area contributed by atoms with Crippen LogP contribution in [0.2, 0.25) is 0 Å². The lowest BCUT2D eigenvalue weighted by Crippen LogP contribution is -2.26. The van der Waals surface area contributed by atoms with Crippen molar-refractivity contribution >= 4 is 0 Å². The Morgan fingerprint density at radius 3 is 2.81 bits per heavy atom. The fraction of sp³-hybridized carbons (Fsp3) is 0.538. The number of hydrogen-bond donors (Lipinski definition) is 1. The van der Waals surface area contributed by atoms with Gasteiger partial charge in [0.25, 0.3) is 0 Å². The second kappa shape index (κ2) is 5.99. The average Bonchev–Trinajstić information content (AvgIpc) is 2.78. The van der Waals surface area contributed by atoms with E-state index in [1.165, 1.54) is 5.56 Å². The minimum absolute atomic E-state index is 0.352. The molecule has 1 fully saturated rings. The molecule has 1 heterocycles. The predicted octanol–water partition coefficient (Wildman–Crippen LogP) is 1.58. The summed E-state index contributed by atoms with van der Waals surface area (Å²) in [7, 11) is 1.76. The summed E-state index contributed by atoms with van der Waals surface area (Å²) >= 11 is 0. The van der Waals surface area contributed by atoms with Crippen LogP contribution in [0.25, 0.3) is 0 Å². The third-order valence-corrected chi connectivity index (χ3v) is 2.95. The summed E-state index contributed by atoms with van der Waals surface area (Å²) in [5, 5.41) is 3.39. The summed E-state index contributed by atoms with van der Waals surface area (Å²) in [5.74, 6) is 0. The molecule has 2 atom stereocenters. The molecule has 0 unspecified atom stereocenters. The van der Waals surface area contributed by atoms with Gasteiger partial charge < -0.3 is 14.8 Å². The molecule has 1 N–H and O–H groups in total. The quantitative estimate of drug-likeness (QED) is 0.819. The zero-order chi connectivity index (χ0) is 11.2. The van der Waals surface area contributed by atoms with Crippen molar-refractivity contribution in [1.29, 1.82) is 0 Å². The molecule has 0 aromatic heterocycles. The molecule has 1 aliphatic heterocycles. The van der Waals surface area contributed by atoms with Crippen molar-refractivity contribution in [3.05, 3.63) is 35.9 Å². The fourth-order valence-electron chi connectivity index (χ4n) is 1.98. The summed E-state index contributed by atoms with van der Waals surface area (Å²) in [5.41, 5.74) is 1.23. The molecule has 1 aromatic rings. The Hall–Kier alpha value is -0.900. The zero-order valence-corrected chi connectivity index (χ0v) is 9.69. The summed E-state index contributed by atoms with van der Waals surface area (Å²) in [4.78, 5) is 0. The van der Waals surface area contributed by atoms with Gasteiger partial charge in [-0.3, -0.25) is 0 Å². The standard InChI is InChI=1S/C13H19NO2/c1-15-13-7-12(14-8-13)10-16-9-11-5-3-2-4-6-11/h2-6,12-14H,7-10H2,1H3/t12-,13-/m0/s1. The highest BCUT2D eigenvalue weighted by Crippen LogP contribution is 2.10. The van der Waals surface area contributed by atoms with Crippen LogP contribution < -0.4 is 5.32 Å². The first kappa shape index (κ1) is 11.6. The topological polar surface area (TPSA) is 30.5 Å². The van der Waals surface area contributed by atoms with Crippen LogP contribution in [0, 0.1) is 0 Å². The van der Waals surface area contributed by atoms with E-state index >= 15 is 0 Å². The van der Waals surface area contributed by atoms with Gasteiger partial charge in [0.05, 0.1) is 19.3 Å². The summed E-state index contributed by atoms with van der Waals surface area (Å²) in [6.45, 7) is 2.39. The summed E-state index contributed by atoms with van der Waals surface area (Å²) in [6, 6.07) is 10.7. The molecule has 0 spiro atoms. The highest BCUT2D eigenvalue weighted by Gasteiger charge is 2.23. The molecule has 2 rings (SSSR count). The second-order valence-electron chi connectivity index (χ2n) is 4.20. The second-order valence-corrected chi connectivity index (χ2v) is 4.20. The Kier molecular flexibility index (Phi) is 4.34. The molecule has 0 bridgehead atoms. The molecule has 16 heavy (non-hydrogen) atoms. The largest absolute Gasteiger partial charge is 0.380 e. The van der Waals surface area contributed by atoms with Crippen LogP contribution >= 0.6 is 0 Å². The Morgan fingerprint density at radius 2 is 2.12 bits per heavy atom. The number of benzene rings is 1. The van der Waals surface area contributed by atoms with E-state index < -0.39 is 0 Å². The molecule has 0 amide bonds. The zero-order valence-electron chi connectivity index (χ0n) is 9.69. The first-order valence-corrected chi connectivity index (χ1v) is 5.76. The Morgan fingerprint density at radius 1 is 1.31 bits per heavy atom. The van der Waals surface area contributed by atoms with Gasteiger partial charge in [0, 0.05) is 19.7 Å². The lowest BCUT2D eigenvalue weighted by atomic mass is 10.2. The average molecular weight is 221 g/mol. The molecule has 0 aliphatic carbocycles. The van der Waals surface area contributed by atoms with Crippen molar-refractivity contribution in [2.24, 2.45) is 0 Å². The third-order valence-electron chi connectivity index (χ3n) is 2.95. The maximum absolute atomic E-state index is 5.68. The van der Waals surface area contributed by atoms with Gasteiger partial charge >= 0.3 is 0 Å². The van der Waals surface area contributed by atoms with Gasteiger partial charge in [-0.15, -0.1) is 0 Å². The van der Waals surface area contributed by atoms with E-state index in [0.29, 0.717) is 18.8 Å². The molecule has 1 aromatic carbocycles. The molecule has 3 nitrogen and oxygen atoms in total. The van der Waals surface area contributed by atoms with Crippen LogP contribution in [0.4, 0.5) is 0 Å². The number of methoxy groups -OCH3 is 1. The molecule has 3 heteroatoms. The van der Waals surface area contributed by atoms with E-state index in [0.717, 1.165) is 19.6 Å². The van der Waals surface area contributed by atoms with E-state index in [1.807, 2.05) is 18.2 Å². The van der Waals surface area contributed by atoms with Crippen LogP contribution in [-0.2, 0) is 16.1 Å². The van der Waals surface area contributed by atoms with Crippen molar-refractivity contribution in [2.75, 3.05) is 20.3 Å². The molecular formula is C13H19NO2. The lowest BCUT2D eigenvalue weighted by molar-refractivity contribution is 0.0893. The van der Waals surface area contributed by atoms with Crippen molar-refractivity contribution in [1.82, 2.24) is 5.32 Å². The molecule has 1 saturated heterocycles. The normalized spacial score (nSPS) is 24.8. The monoisotopic (exact) mass is 221 g/mol. The third kappa shape index (κ3) is 3.30. The minimum atomic E-state index is 0.352. The number of hydrogen-bond acceptors (Lipinski definition) is 3. The SMILES string of the molecule is CO[C@@H]1CN[C@H](COCc2ccccc2)C1. The van der Waals surface area contributed by atoms with Gasteiger partial charge in [0.15, 0.2) is 0 Å². The first-order valence-electron chi connectivity index (χ1n) is 5.76. The van der Waals surface area contributed by atoms with Gasteiger partial charge in [-0.05, 0) is 12.0 Å². The summed E-state index contributed by atoms with van der Waals surface area (Å²) in [6.07, 6.45) is 1.40. The van der Waals surface area contributed by atoms with Gasteiger partial charge in [0.2, 0.25) is 0 Å². The van der Waals surface area contributed by atoms with Crippen LogP contribution in [0.1, 0.15) is 12.0 Å².